The summed E-state index contributed by atoms with van der Waals surface area (Å²) in [6, 6.07) is 4.77. The average Bonchev–Trinajstić information content (AvgIpc) is 2.82. The van der Waals surface area contributed by atoms with Crippen molar-refractivity contribution in [3.8, 4) is 5.75 Å². The van der Waals surface area contributed by atoms with E-state index in [9.17, 15) is 12.8 Å². The number of sulfonamides is 1. The summed E-state index contributed by atoms with van der Waals surface area (Å²) >= 11 is 3.02. The number of methoxy groups -OCH3 is 1. The first-order valence-electron chi connectivity index (χ1n) is 5.72. The summed E-state index contributed by atoms with van der Waals surface area (Å²) in [6.07, 6.45) is 0. The second kappa shape index (κ2) is 6.04. The lowest BCUT2D eigenvalue weighted by Gasteiger charge is -2.11. The number of rotatable bonds is 5. The molecule has 0 unspecified atom stereocenters. The van der Waals surface area contributed by atoms with Gasteiger partial charge in [-0.15, -0.1) is 0 Å². The molecule has 2 rings (SSSR count). The van der Waals surface area contributed by atoms with Gasteiger partial charge in [-0.05, 0) is 28.1 Å². The SMILES string of the molecule is COc1cc(F)ccc1NS(=O)(=O)c1cc(CN)oc1Br. The number of hydrogen-bond acceptors (Lipinski definition) is 5. The third kappa shape index (κ3) is 3.36. The topological polar surface area (TPSA) is 94.6 Å². The number of anilines is 1. The fraction of sp³-hybridized carbons (Fsp3) is 0.167. The highest BCUT2D eigenvalue weighted by Crippen LogP contribution is 2.31. The Bertz CT molecular complexity index is 761. The highest BCUT2D eigenvalue weighted by atomic mass is 79.9. The summed E-state index contributed by atoms with van der Waals surface area (Å²) in [4.78, 5) is -0.102. The molecule has 21 heavy (non-hydrogen) atoms. The van der Waals surface area contributed by atoms with Crippen molar-refractivity contribution in [2.24, 2.45) is 5.73 Å². The molecule has 0 saturated heterocycles. The van der Waals surface area contributed by atoms with Gasteiger partial charge in [0.25, 0.3) is 10.0 Å². The highest BCUT2D eigenvalue weighted by molar-refractivity contribution is 9.10. The molecule has 1 aromatic heterocycles. The molecule has 0 radical (unpaired) electrons. The molecule has 3 N–H and O–H groups in total. The maximum Gasteiger partial charge on any atom is 0.266 e. The van der Waals surface area contributed by atoms with E-state index in [1.54, 1.807) is 0 Å². The van der Waals surface area contributed by atoms with E-state index < -0.39 is 15.8 Å². The minimum Gasteiger partial charge on any atom is -0.494 e. The fourth-order valence-corrected chi connectivity index (χ4v) is 3.70. The quantitative estimate of drug-likeness (QED) is 0.832. The van der Waals surface area contributed by atoms with E-state index in [1.165, 1.54) is 19.2 Å². The van der Waals surface area contributed by atoms with E-state index in [2.05, 4.69) is 20.7 Å². The number of nitrogens with two attached hydrogens (primary N) is 1. The van der Waals surface area contributed by atoms with E-state index in [-0.39, 0.29) is 27.5 Å². The molecule has 1 heterocycles. The van der Waals surface area contributed by atoms with Crippen molar-refractivity contribution in [3.63, 3.8) is 0 Å². The molecule has 0 amide bonds. The molecule has 0 bridgehead atoms. The molecule has 0 spiro atoms. The predicted octanol–water partition coefficient (Wildman–Crippen LogP) is 2.45. The molecular formula is C12H12BrFN2O4S. The van der Waals surface area contributed by atoms with Gasteiger partial charge < -0.3 is 14.9 Å². The fourth-order valence-electron chi connectivity index (χ4n) is 1.63. The molecule has 0 aliphatic rings. The van der Waals surface area contributed by atoms with Gasteiger partial charge in [0.05, 0.1) is 19.3 Å². The maximum atomic E-state index is 13.1. The number of ether oxygens (including phenoxy) is 1. The Morgan fingerprint density at radius 1 is 1.43 bits per heavy atom. The van der Waals surface area contributed by atoms with Crippen molar-refractivity contribution in [2.75, 3.05) is 11.8 Å². The van der Waals surface area contributed by atoms with E-state index in [1.807, 2.05) is 0 Å². The minimum atomic E-state index is -3.93. The second-order valence-electron chi connectivity index (χ2n) is 4.00. The van der Waals surface area contributed by atoms with Crippen LogP contribution in [0.25, 0.3) is 0 Å². The Morgan fingerprint density at radius 2 is 2.14 bits per heavy atom. The van der Waals surface area contributed by atoms with Gasteiger partial charge in [0.1, 0.15) is 22.2 Å². The molecule has 0 atom stereocenters. The lowest BCUT2D eigenvalue weighted by atomic mass is 10.3. The number of furan rings is 1. The van der Waals surface area contributed by atoms with Gasteiger partial charge >= 0.3 is 0 Å². The summed E-state index contributed by atoms with van der Waals surface area (Å²) in [5, 5.41) is 0. The third-order valence-corrected chi connectivity index (χ3v) is 4.83. The molecule has 0 saturated carbocycles. The predicted molar refractivity (Wildman–Crippen MR) is 78.1 cm³/mol. The molecule has 0 aliphatic heterocycles. The van der Waals surface area contributed by atoms with Crippen molar-refractivity contribution in [1.82, 2.24) is 0 Å². The second-order valence-corrected chi connectivity index (χ2v) is 6.38. The van der Waals surface area contributed by atoms with E-state index in [0.29, 0.717) is 5.76 Å². The van der Waals surface area contributed by atoms with Gasteiger partial charge in [0.2, 0.25) is 0 Å². The first-order valence-corrected chi connectivity index (χ1v) is 7.99. The van der Waals surface area contributed by atoms with E-state index >= 15 is 0 Å². The van der Waals surface area contributed by atoms with Crippen LogP contribution >= 0.6 is 15.9 Å². The first-order chi connectivity index (χ1) is 9.87. The van der Waals surface area contributed by atoms with Crippen LogP contribution in [0, 0.1) is 5.82 Å². The lowest BCUT2D eigenvalue weighted by molar-refractivity contribution is 0.413. The van der Waals surface area contributed by atoms with Crippen molar-refractivity contribution in [3.05, 3.63) is 40.5 Å². The molecule has 1 aromatic carbocycles. The Labute approximate surface area is 129 Å². The van der Waals surface area contributed by atoms with Crippen LogP contribution < -0.4 is 15.2 Å². The Morgan fingerprint density at radius 3 is 2.71 bits per heavy atom. The summed E-state index contributed by atoms with van der Waals surface area (Å²) < 4.78 is 50.2. The van der Waals surface area contributed by atoms with Gasteiger partial charge in [-0.1, -0.05) is 0 Å². The normalized spacial score (nSPS) is 11.4. The first kappa shape index (κ1) is 15.8. The van der Waals surface area contributed by atoms with Crippen LogP contribution in [0.1, 0.15) is 5.76 Å². The van der Waals surface area contributed by atoms with Crippen molar-refractivity contribution < 1.29 is 22.0 Å². The largest absolute Gasteiger partial charge is 0.494 e. The minimum absolute atomic E-state index is 0.0385. The van der Waals surface area contributed by atoms with Gasteiger partial charge in [0, 0.05) is 12.1 Å². The highest BCUT2D eigenvalue weighted by Gasteiger charge is 2.23. The monoisotopic (exact) mass is 378 g/mol. The van der Waals surface area contributed by atoms with Gasteiger partial charge in [-0.3, -0.25) is 4.72 Å². The van der Waals surface area contributed by atoms with Gasteiger partial charge in [-0.2, -0.15) is 0 Å². The molecule has 6 nitrogen and oxygen atoms in total. The Kier molecular flexibility index (Phi) is 4.55. The summed E-state index contributed by atoms with van der Waals surface area (Å²) in [5.74, 6) is -0.157. The lowest BCUT2D eigenvalue weighted by Crippen LogP contribution is -2.13. The van der Waals surface area contributed by atoms with Crippen molar-refractivity contribution in [2.45, 2.75) is 11.4 Å². The molecule has 9 heteroatoms. The van der Waals surface area contributed by atoms with Crippen LogP contribution in [0.5, 0.6) is 5.75 Å². The van der Waals surface area contributed by atoms with E-state index in [0.717, 1.165) is 12.1 Å². The number of hydrogen-bond donors (Lipinski definition) is 2. The van der Waals surface area contributed by atoms with Gasteiger partial charge in [0.15, 0.2) is 4.67 Å². The number of benzene rings is 1. The van der Waals surface area contributed by atoms with Crippen molar-refractivity contribution in [1.29, 1.82) is 0 Å². The number of nitrogens with one attached hydrogen (secondary N) is 1. The molecule has 0 fully saturated rings. The molecule has 114 valence electrons. The smallest absolute Gasteiger partial charge is 0.266 e. The van der Waals surface area contributed by atoms with Crippen LogP contribution in [0.15, 0.2) is 38.2 Å². The standard InChI is InChI=1S/C12H12BrFN2O4S/c1-19-10-4-7(14)2-3-9(10)16-21(17,18)11-5-8(6-15)20-12(11)13/h2-5,16H,6,15H2,1H3. The van der Waals surface area contributed by atoms with Crippen LogP contribution in [-0.4, -0.2) is 15.5 Å². The molecular weight excluding hydrogens is 367 g/mol. The Balaban J connectivity index is 2.39. The van der Waals surface area contributed by atoms with Crippen LogP contribution in [0.2, 0.25) is 0 Å². The summed E-state index contributed by atoms with van der Waals surface area (Å²) in [5.41, 5.74) is 5.51. The average molecular weight is 379 g/mol. The molecule has 2 aromatic rings. The summed E-state index contributed by atoms with van der Waals surface area (Å²) in [6.45, 7) is 0.0635. The van der Waals surface area contributed by atoms with Gasteiger partial charge in [-0.25, -0.2) is 12.8 Å². The number of halogens is 2. The van der Waals surface area contributed by atoms with Crippen LogP contribution in [0.3, 0.4) is 0 Å². The zero-order valence-corrected chi connectivity index (χ0v) is 13.3. The van der Waals surface area contributed by atoms with Crippen LogP contribution in [0.4, 0.5) is 10.1 Å². The third-order valence-electron chi connectivity index (χ3n) is 2.61. The Hall–Kier alpha value is -1.58. The maximum absolute atomic E-state index is 13.1. The summed E-state index contributed by atoms with van der Waals surface area (Å²) in [7, 11) is -2.61. The van der Waals surface area contributed by atoms with E-state index in [4.69, 9.17) is 14.9 Å². The van der Waals surface area contributed by atoms with Crippen LogP contribution in [-0.2, 0) is 16.6 Å². The zero-order chi connectivity index (χ0) is 15.6. The zero-order valence-electron chi connectivity index (χ0n) is 10.9. The molecule has 0 aliphatic carbocycles. The van der Waals surface area contributed by atoms with Crippen molar-refractivity contribution >= 4 is 31.6 Å².